The number of halogens is 5. The molecule has 0 radical (unpaired) electrons. The summed E-state index contributed by atoms with van der Waals surface area (Å²) >= 11 is 0. The van der Waals surface area contributed by atoms with Crippen LogP contribution in [0.15, 0.2) is 29.2 Å². The van der Waals surface area contributed by atoms with Crippen LogP contribution in [0.1, 0.15) is 23.2 Å². The third-order valence-electron chi connectivity index (χ3n) is 6.56. The predicted molar refractivity (Wildman–Crippen MR) is 113 cm³/mol. The SMILES string of the molecule is O=C(O)c1cn(-c2ccc(F)cc2F)c2c(F)c(N3CC4CCCNC4C3)c(F)c(F)c2c1=O. The Morgan fingerprint density at radius 1 is 1.06 bits per heavy atom. The van der Waals surface area contributed by atoms with Gasteiger partial charge in [0.1, 0.15) is 22.9 Å². The van der Waals surface area contributed by atoms with Crippen LogP contribution in [0.4, 0.5) is 27.6 Å². The second-order valence-electron chi connectivity index (χ2n) is 8.52. The van der Waals surface area contributed by atoms with Gasteiger partial charge in [0.2, 0.25) is 5.43 Å². The summed E-state index contributed by atoms with van der Waals surface area (Å²) in [5.41, 5.74) is -4.59. The highest BCUT2D eigenvalue weighted by Gasteiger charge is 2.38. The van der Waals surface area contributed by atoms with Crippen molar-refractivity contribution >= 4 is 22.6 Å². The molecule has 11 heteroatoms. The summed E-state index contributed by atoms with van der Waals surface area (Å²) < 4.78 is 75.1. The maximum Gasteiger partial charge on any atom is 0.341 e. The van der Waals surface area contributed by atoms with Crippen LogP contribution in [0.25, 0.3) is 16.6 Å². The van der Waals surface area contributed by atoms with Crippen molar-refractivity contribution in [1.29, 1.82) is 0 Å². The normalized spacial score (nSPS) is 20.1. The fourth-order valence-corrected chi connectivity index (χ4v) is 4.98. The molecule has 34 heavy (non-hydrogen) atoms. The van der Waals surface area contributed by atoms with Crippen molar-refractivity contribution in [2.45, 2.75) is 18.9 Å². The molecule has 2 fully saturated rings. The van der Waals surface area contributed by atoms with Crippen molar-refractivity contribution < 1.29 is 31.9 Å². The molecule has 0 spiro atoms. The Morgan fingerprint density at radius 3 is 2.50 bits per heavy atom. The van der Waals surface area contributed by atoms with Crippen LogP contribution in [0.5, 0.6) is 0 Å². The number of fused-ring (bicyclic) bond motifs is 2. The van der Waals surface area contributed by atoms with Gasteiger partial charge in [0.15, 0.2) is 17.5 Å². The van der Waals surface area contributed by atoms with Gasteiger partial charge in [-0.15, -0.1) is 0 Å². The van der Waals surface area contributed by atoms with Crippen LogP contribution in [0.2, 0.25) is 0 Å². The van der Waals surface area contributed by atoms with Crippen LogP contribution in [0, 0.1) is 35.0 Å². The molecule has 2 unspecified atom stereocenters. The minimum absolute atomic E-state index is 0.0579. The molecular formula is C23H18F5N3O3. The number of aromatic nitrogens is 1. The molecule has 1 aromatic heterocycles. The number of anilines is 1. The van der Waals surface area contributed by atoms with Crippen LogP contribution in [-0.2, 0) is 0 Å². The third-order valence-corrected chi connectivity index (χ3v) is 6.56. The van der Waals surface area contributed by atoms with E-state index in [2.05, 4.69) is 5.32 Å². The number of benzene rings is 2. The highest BCUT2D eigenvalue weighted by Crippen LogP contribution is 2.37. The van der Waals surface area contributed by atoms with Crippen molar-refractivity contribution in [2.75, 3.05) is 24.5 Å². The van der Waals surface area contributed by atoms with Crippen LogP contribution in [0.3, 0.4) is 0 Å². The quantitative estimate of drug-likeness (QED) is 0.444. The number of pyridine rings is 1. The zero-order chi connectivity index (χ0) is 24.3. The largest absolute Gasteiger partial charge is 0.477 e. The van der Waals surface area contributed by atoms with Gasteiger partial charge in [-0.05, 0) is 37.4 Å². The summed E-state index contributed by atoms with van der Waals surface area (Å²) in [5, 5.41) is 11.5. The fourth-order valence-electron chi connectivity index (χ4n) is 4.98. The highest BCUT2D eigenvalue weighted by molar-refractivity contribution is 5.95. The van der Waals surface area contributed by atoms with Gasteiger partial charge < -0.3 is 19.9 Å². The number of aromatic carboxylic acids is 1. The van der Waals surface area contributed by atoms with E-state index < -0.39 is 68.3 Å². The van der Waals surface area contributed by atoms with Crippen molar-refractivity contribution in [3.05, 3.63) is 69.3 Å². The van der Waals surface area contributed by atoms with E-state index in [0.717, 1.165) is 31.5 Å². The van der Waals surface area contributed by atoms with Gasteiger partial charge in [0.05, 0.1) is 16.6 Å². The Hall–Kier alpha value is -3.47. The molecule has 2 aromatic carbocycles. The lowest BCUT2D eigenvalue weighted by Crippen LogP contribution is -2.40. The number of nitrogens with zero attached hydrogens (tertiary/aromatic N) is 2. The van der Waals surface area contributed by atoms with Gasteiger partial charge >= 0.3 is 5.97 Å². The van der Waals surface area contributed by atoms with Crippen molar-refractivity contribution in [1.82, 2.24) is 9.88 Å². The Morgan fingerprint density at radius 2 is 1.82 bits per heavy atom. The van der Waals surface area contributed by atoms with Gasteiger partial charge in [0, 0.05) is 31.4 Å². The number of carboxylic acids is 1. The smallest absolute Gasteiger partial charge is 0.341 e. The summed E-state index contributed by atoms with van der Waals surface area (Å²) in [4.78, 5) is 25.6. The first-order chi connectivity index (χ1) is 16.2. The van der Waals surface area contributed by atoms with Gasteiger partial charge in [-0.1, -0.05) is 0 Å². The zero-order valence-electron chi connectivity index (χ0n) is 17.5. The monoisotopic (exact) mass is 479 g/mol. The van der Waals surface area contributed by atoms with E-state index in [-0.39, 0.29) is 25.0 Å². The Labute approximate surface area is 189 Å². The molecule has 3 aromatic rings. The molecule has 2 aliphatic heterocycles. The number of hydrogen-bond donors (Lipinski definition) is 2. The van der Waals surface area contributed by atoms with Gasteiger partial charge in [-0.3, -0.25) is 4.79 Å². The summed E-state index contributed by atoms with van der Waals surface area (Å²) in [6, 6.07) is 2.13. The van der Waals surface area contributed by atoms with Gasteiger partial charge in [-0.25, -0.2) is 26.7 Å². The zero-order valence-corrected chi connectivity index (χ0v) is 17.5. The first-order valence-electron chi connectivity index (χ1n) is 10.6. The van der Waals surface area contributed by atoms with E-state index in [1.807, 2.05) is 0 Å². The number of rotatable bonds is 3. The second-order valence-corrected chi connectivity index (χ2v) is 8.52. The average molecular weight is 479 g/mol. The minimum Gasteiger partial charge on any atom is -0.477 e. The van der Waals surface area contributed by atoms with Crippen molar-refractivity contribution in [3.8, 4) is 5.69 Å². The van der Waals surface area contributed by atoms with Crippen LogP contribution in [-0.4, -0.2) is 41.3 Å². The molecule has 2 atom stereocenters. The van der Waals surface area contributed by atoms with Crippen molar-refractivity contribution in [2.24, 2.45) is 5.92 Å². The molecule has 2 N–H and O–H groups in total. The minimum atomic E-state index is -1.80. The van der Waals surface area contributed by atoms with E-state index in [1.165, 1.54) is 4.90 Å². The number of carboxylic acid groups (broad SMARTS) is 1. The highest BCUT2D eigenvalue weighted by atomic mass is 19.2. The molecule has 0 saturated carbocycles. The second kappa shape index (κ2) is 8.08. The number of piperidine rings is 1. The lowest BCUT2D eigenvalue weighted by atomic mass is 9.94. The fraction of sp³-hybridized carbons (Fsp3) is 0.304. The molecule has 0 amide bonds. The molecule has 3 heterocycles. The summed E-state index contributed by atoms with van der Waals surface area (Å²) in [7, 11) is 0. The maximum atomic E-state index is 15.9. The Balaban J connectivity index is 1.83. The summed E-state index contributed by atoms with van der Waals surface area (Å²) in [5.74, 6) is -8.61. The first-order valence-corrected chi connectivity index (χ1v) is 10.6. The molecule has 5 rings (SSSR count). The molecule has 0 bridgehead atoms. The average Bonchev–Trinajstić information content (AvgIpc) is 3.21. The van der Waals surface area contributed by atoms with Crippen LogP contribution >= 0.6 is 0 Å². The van der Waals surface area contributed by atoms with Gasteiger partial charge in [0.25, 0.3) is 0 Å². The lowest BCUT2D eigenvalue weighted by Gasteiger charge is -2.24. The number of hydrogen-bond acceptors (Lipinski definition) is 4. The van der Waals surface area contributed by atoms with E-state index in [9.17, 15) is 23.5 Å². The van der Waals surface area contributed by atoms with E-state index in [0.29, 0.717) is 16.8 Å². The van der Waals surface area contributed by atoms with E-state index >= 15 is 13.2 Å². The Kier molecular flexibility index (Phi) is 5.31. The summed E-state index contributed by atoms with van der Waals surface area (Å²) in [6.07, 6.45) is 2.33. The standard InChI is InChI=1S/C23H18F5N3O3/c24-11-3-4-15(13(25)6-11)31-8-12(23(33)34)22(32)16-17(26)18(27)21(19(28)20(16)31)30-7-10-2-1-5-29-14(10)9-30/h3-4,6,8,10,14,29H,1-2,5,7,9H2,(H,33,34). The number of nitrogens with one attached hydrogen (secondary N) is 1. The topological polar surface area (TPSA) is 74.6 Å². The molecular weight excluding hydrogens is 461 g/mol. The predicted octanol–water partition coefficient (Wildman–Crippen LogP) is 3.57. The van der Waals surface area contributed by atoms with Gasteiger partial charge in [-0.2, -0.15) is 0 Å². The number of carbonyl (C=O) groups is 1. The van der Waals surface area contributed by atoms with E-state index in [4.69, 9.17) is 0 Å². The molecule has 6 nitrogen and oxygen atoms in total. The van der Waals surface area contributed by atoms with E-state index in [1.54, 1.807) is 0 Å². The first kappa shape index (κ1) is 22.3. The molecule has 178 valence electrons. The molecule has 2 saturated heterocycles. The van der Waals surface area contributed by atoms with Crippen LogP contribution < -0.4 is 15.6 Å². The molecule has 2 aliphatic rings. The molecule has 0 aliphatic carbocycles. The Bertz CT molecular complexity index is 1390. The third kappa shape index (κ3) is 3.33. The lowest BCUT2D eigenvalue weighted by molar-refractivity contribution is 0.0695. The maximum absolute atomic E-state index is 15.9. The summed E-state index contributed by atoms with van der Waals surface area (Å²) in [6.45, 7) is 1.16. The van der Waals surface area contributed by atoms with Crippen molar-refractivity contribution in [3.63, 3.8) is 0 Å².